The number of rotatable bonds is 2. The second-order valence-corrected chi connectivity index (χ2v) is 4.36. The fraction of sp³-hybridized carbons (Fsp3) is 0.286. The minimum absolute atomic E-state index is 0.0121. The topological polar surface area (TPSA) is 54.4 Å². The zero-order valence-electron chi connectivity index (χ0n) is 9.64. The molecule has 0 spiro atoms. The van der Waals surface area contributed by atoms with Gasteiger partial charge in [-0.2, -0.15) is 0 Å². The minimum atomic E-state index is -0.857. The van der Waals surface area contributed by atoms with E-state index in [-0.39, 0.29) is 5.78 Å². The van der Waals surface area contributed by atoms with E-state index in [0.717, 1.165) is 11.1 Å². The maximum Gasteiger partial charge on any atom is 0.311 e. The molecule has 1 aromatic rings. The molecule has 0 aliphatic heterocycles. The third kappa shape index (κ3) is 2.44. The summed E-state index contributed by atoms with van der Waals surface area (Å²) in [5.41, 5.74) is 2.58. The molecule has 1 unspecified atom stereocenters. The number of carboxylic acids is 1. The van der Waals surface area contributed by atoms with E-state index < -0.39 is 11.9 Å². The van der Waals surface area contributed by atoms with Crippen LogP contribution < -0.4 is 0 Å². The van der Waals surface area contributed by atoms with E-state index in [9.17, 15) is 9.59 Å². The number of hydrogen-bond acceptors (Lipinski definition) is 2. The minimum Gasteiger partial charge on any atom is -0.481 e. The van der Waals surface area contributed by atoms with Crippen molar-refractivity contribution in [1.29, 1.82) is 0 Å². The molecule has 0 aromatic heterocycles. The van der Waals surface area contributed by atoms with Crippen LogP contribution in [0.1, 0.15) is 24.0 Å². The second-order valence-electron chi connectivity index (χ2n) is 4.36. The van der Waals surface area contributed by atoms with Crippen LogP contribution in [0.4, 0.5) is 0 Å². The molecule has 3 heteroatoms. The van der Waals surface area contributed by atoms with Crippen molar-refractivity contribution < 1.29 is 14.7 Å². The van der Waals surface area contributed by atoms with Crippen molar-refractivity contribution in [3.63, 3.8) is 0 Å². The zero-order chi connectivity index (χ0) is 12.4. The highest BCUT2D eigenvalue weighted by molar-refractivity contribution is 6.03. The lowest BCUT2D eigenvalue weighted by Gasteiger charge is -2.20. The number of carboxylic acid groups (broad SMARTS) is 1. The smallest absolute Gasteiger partial charge is 0.311 e. The number of aliphatic carboxylic acids is 1. The lowest BCUT2D eigenvalue weighted by molar-refractivity contribution is -0.140. The maximum absolute atomic E-state index is 11.4. The van der Waals surface area contributed by atoms with Crippen molar-refractivity contribution in [2.75, 3.05) is 0 Å². The molecule has 1 aromatic carbocycles. The summed E-state index contributed by atoms with van der Waals surface area (Å²) in [5, 5.41) is 9.16. The summed E-state index contributed by atoms with van der Waals surface area (Å²) in [6, 6.07) is 7.59. The van der Waals surface area contributed by atoms with Gasteiger partial charge in [0.1, 0.15) is 0 Å². The fourth-order valence-corrected chi connectivity index (χ4v) is 2.08. The molecule has 1 aliphatic rings. The van der Waals surface area contributed by atoms with Gasteiger partial charge in [0.2, 0.25) is 0 Å². The quantitative estimate of drug-likeness (QED) is 0.849. The molecular weight excluding hydrogens is 216 g/mol. The summed E-state index contributed by atoms with van der Waals surface area (Å²) < 4.78 is 0. The average molecular weight is 230 g/mol. The van der Waals surface area contributed by atoms with E-state index >= 15 is 0 Å². The molecule has 0 heterocycles. The van der Waals surface area contributed by atoms with E-state index in [2.05, 4.69) is 0 Å². The Bertz CT molecular complexity index is 483. The number of aryl methyl sites for hydroxylation is 1. The Morgan fingerprint density at radius 3 is 2.53 bits per heavy atom. The van der Waals surface area contributed by atoms with Crippen LogP contribution in [0.5, 0.6) is 0 Å². The number of ketones is 1. The SMILES string of the molecule is Cc1ccc(C2=CC(=O)CCC2C(=O)O)cc1. The van der Waals surface area contributed by atoms with Crippen molar-refractivity contribution in [3.05, 3.63) is 41.5 Å². The Labute approximate surface area is 99.8 Å². The Morgan fingerprint density at radius 2 is 1.94 bits per heavy atom. The van der Waals surface area contributed by atoms with Crippen LogP contribution in [-0.2, 0) is 9.59 Å². The van der Waals surface area contributed by atoms with Crippen LogP contribution in [0.3, 0.4) is 0 Å². The lowest BCUT2D eigenvalue weighted by atomic mass is 9.83. The van der Waals surface area contributed by atoms with E-state index in [0.29, 0.717) is 18.4 Å². The fourth-order valence-electron chi connectivity index (χ4n) is 2.08. The van der Waals surface area contributed by atoms with Crippen molar-refractivity contribution in [1.82, 2.24) is 0 Å². The highest BCUT2D eigenvalue weighted by Gasteiger charge is 2.28. The van der Waals surface area contributed by atoms with Gasteiger partial charge >= 0.3 is 5.97 Å². The largest absolute Gasteiger partial charge is 0.481 e. The molecule has 1 aliphatic carbocycles. The van der Waals surface area contributed by atoms with Crippen molar-refractivity contribution in [2.24, 2.45) is 5.92 Å². The highest BCUT2D eigenvalue weighted by atomic mass is 16.4. The van der Waals surface area contributed by atoms with Gasteiger partial charge in [-0.3, -0.25) is 9.59 Å². The number of carbonyl (C=O) groups excluding carboxylic acids is 1. The number of benzene rings is 1. The Hall–Kier alpha value is -1.90. The van der Waals surface area contributed by atoms with Crippen LogP contribution >= 0.6 is 0 Å². The molecule has 17 heavy (non-hydrogen) atoms. The van der Waals surface area contributed by atoms with E-state index in [1.54, 1.807) is 0 Å². The normalized spacial score (nSPS) is 19.9. The number of carbonyl (C=O) groups is 2. The standard InChI is InChI=1S/C14H14O3/c1-9-2-4-10(5-3-9)13-8-11(15)6-7-12(13)14(16)17/h2-5,8,12H,6-7H2,1H3,(H,16,17). The molecular formula is C14H14O3. The summed E-state index contributed by atoms with van der Waals surface area (Å²) >= 11 is 0. The third-order valence-corrected chi connectivity index (χ3v) is 3.05. The molecule has 88 valence electrons. The Morgan fingerprint density at radius 1 is 1.29 bits per heavy atom. The molecule has 0 amide bonds. The van der Waals surface area contributed by atoms with Gasteiger partial charge in [-0.15, -0.1) is 0 Å². The van der Waals surface area contributed by atoms with Gasteiger partial charge in [-0.05, 0) is 30.6 Å². The average Bonchev–Trinajstić information content (AvgIpc) is 2.29. The van der Waals surface area contributed by atoms with Crippen molar-refractivity contribution >= 4 is 17.3 Å². The maximum atomic E-state index is 11.4. The molecule has 0 radical (unpaired) electrons. The molecule has 1 atom stereocenters. The number of hydrogen-bond donors (Lipinski definition) is 1. The summed E-state index contributed by atoms with van der Waals surface area (Å²) in [6.45, 7) is 1.97. The van der Waals surface area contributed by atoms with Crippen LogP contribution in [-0.4, -0.2) is 16.9 Å². The van der Waals surface area contributed by atoms with E-state index in [4.69, 9.17) is 5.11 Å². The van der Waals surface area contributed by atoms with Gasteiger partial charge in [0.25, 0.3) is 0 Å². The summed E-state index contributed by atoms with van der Waals surface area (Å²) in [5.74, 6) is -1.40. The Kier molecular flexibility index (Phi) is 3.09. The first-order chi connectivity index (χ1) is 8.08. The van der Waals surface area contributed by atoms with Gasteiger partial charge in [0.15, 0.2) is 5.78 Å². The first-order valence-corrected chi connectivity index (χ1v) is 5.62. The van der Waals surface area contributed by atoms with Crippen LogP contribution in [0, 0.1) is 12.8 Å². The first-order valence-electron chi connectivity index (χ1n) is 5.62. The molecule has 0 saturated heterocycles. The van der Waals surface area contributed by atoms with Gasteiger partial charge in [-0.25, -0.2) is 0 Å². The lowest BCUT2D eigenvalue weighted by Crippen LogP contribution is -2.21. The predicted molar refractivity (Wildman–Crippen MR) is 64.5 cm³/mol. The van der Waals surface area contributed by atoms with Crippen molar-refractivity contribution in [2.45, 2.75) is 19.8 Å². The molecule has 3 nitrogen and oxygen atoms in total. The van der Waals surface area contributed by atoms with Gasteiger partial charge in [-0.1, -0.05) is 29.8 Å². The van der Waals surface area contributed by atoms with E-state index in [1.165, 1.54) is 6.08 Å². The number of allylic oxidation sites excluding steroid dienone is 1. The third-order valence-electron chi connectivity index (χ3n) is 3.05. The first kappa shape index (κ1) is 11.6. The zero-order valence-corrected chi connectivity index (χ0v) is 9.64. The van der Waals surface area contributed by atoms with Gasteiger partial charge in [0.05, 0.1) is 5.92 Å². The van der Waals surface area contributed by atoms with E-state index in [1.807, 2.05) is 31.2 Å². The molecule has 0 saturated carbocycles. The van der Waals surface area contributed by atoms with Crippen LogP contribution in [0.15, 0.2) is 30.3 Å². The second kappa shape index (κ2) is 4.53. The van der Waals surface area contributed by atoms with Gasteiger partial charge < -0.3 is 5.11 Å². The molecule has 1 N–H and O–H groups in total. The highest BCUT2D eigenvalue weighted by Crippen LogP contribution is 2.31. The summed E-state index contributed by atoms with van der Waals surface area (Å²) in [4.78, 5) is 22.6. The van der Waals surface area contributed by atoms with Crippen LogP contribution in [0.2, 0.25) is 0 Å². The molecule has 2 rings (SSSR count). The summed E-state index contributed by atoms with van der Waals surface area (Å²) in [6.07, 6.45) is 2.20. The molecule has 0 bridgehead atoms. The summed E-state index contributed by atoms with van der Waals surface area (Å²) in [7, 11) is 0. The Balaban J connectivity index is 2.42. The van der Waals surface area contributed by atoms with Crippen LogP contribution in [0.25, 0.3) is 5.57 Å². The predicted octanol–water partition coefficient (Wildman–Crippen LogP) is 2.44. The monoisotopic (exact) mass is 230 g/mol. The van der Waals surface area contributed by atoms with Crippen molar-refractivity contribution in [3.8, 4) is 0 Å². The van der Waals surface area contributed by atoms with Gasteiger partial charge in [0, 0.05) is 6.42 Å². The molecule has 0 fully saturated rings.